The molecular weight excluding hydrogens is 231 g/mol. The summed E-state index contributed by atoms with van der Waals surface area (Å²) in [6, 6.07) is 7.09. The molecule has 0 aromatic heterocycles. The maximum Gasteiger partial charge on any atom is 0.127 e. The van der Waals surface area contributed by atoms with Crippen LogP contribution in [0.5, 0.6) is 0 Å². The van der Waals surface area contributed by atoms with E-state index in [9.17, 15) is 9.50 Å². The third-order valence-corrected chi connectivity index (χ3v) is 2.68. The van der Waals surface area contributed by atoms with Crippen LogP contribution in [0.1, 0.15) is 19.4 Å². The molecule has 0 saturated carbocycles. The van der Waals surface area contributed by atoms with E-state index in [0.717, 1.165) is 0 Å². The summed E-state index contributed by atoms with van der Waals surface area (Å²) in [6.07, 6.45) is -0.441. The Bertz CT molecular complexity index is 357. The van der Waals surface area contributed by atoms with E-state index in [4.69, 9.17) is 0 Å². The minimum atomic E-state index is -0.441. The lowest BCUT2D eigenvalue weighted by atomic mass is 10.2. The summed E-state index contributed by atoms with van der Waals surface area (Å²) in [7, 11) is 1.88. The fraction of sp³-hybridized carbons (Fsp3) is 0.571. The molecule has 18 heavy (non-hydrogen) atoms. The summed E-state index contributed by atoms with van der Waals surface area (Å²) in [5.74, 6) is -0.195. The van der Waals surface area contributed by atoms with Crippen molar-refractivity contribution in [2.24, 2.45) is 0 Å². The first kappa shape index (κ1) is 15.1. The topological polar surface area (TPSA) is 35.5 Å². The van der Waals surface area contributed by atoms with Gasteiger partial charge >= 0.3 is 0 Å². The Morgan fingerprint density at radius 2 is 2.00 bits per heavy atom. The predicted molar refractivity (Wildman–Crippen MR) is 71.9 cm³/mol. The maximum atomic E-state index is 13.4. The molecule has 3 nitrogen and oxygen atoms in total. The summed E-state index contributed by atoms with van der Waals surface area (Å²) < 4.78 is 13.4. The first-order chi connectivity index (χ1) is 8.49. The van der Waals surface area contributed by atoms with E-state index in [1.54, 1.807) is 12.1 Å². The quantitative estimate of drug-likeness (QED) is 0.776. The largest absolute Gasteiger partial charge is 0.390 e. The van der Waals surface area contributed by atoms with Gasteiger partial charge in [0.05, 0.1) is 6.10 Å². The molecule has 0 bridgehead atoms. The lowest BCUT2D eigenvalue weighted by Crippen LogP contribution is -2.38. The number of aliphatic hydroxyl groups excluding tert-OH is 1. The number of nitrogens with one attached hydrogen (secondary N) is 1. The second kappa shape index (κ2) is 7.46. The van der Waals surface area contributed by atoms with Crippen molar-refractivity contribution in [2.75, 3.05) is 20.1 Å². The zero-order valence-corrected chi connectivity index (χ0v) is 11.4. The van der Waals surface area contributed by atoms with Gasteiger partial charge in [-0.05, 0) is 13.1 Å². The molecule has 0 aliphatic rings. The van der Waals surface area contributed by atoms with Gasteiger partial charge in [-0.15, -0.1) is 0 Å². The van der Waals surface area contributed by atoms with E-state index in [2.05, 4.69) is 5.32 Å². The number of aliphatic hydroxyl groups is 1. The van der Waals surface area contributed by atoms with Crippen molar-refractivity contribution in [1.82, 2.24) is 10.2 Å². The number of halogens is 1. The van der Waals surface area contributed by atoms with Crippen molar-refractivity contribution in [3.63, 3.8) is 0 Å². The van der Waals surface area contributed by atoms with E-state index in [1.807, 2.05) is 31.9 Å². The summed E-state index contributed by atoms with van der Waals surface area (Å²) in [6.45, 7) is 5.66. The molecule has 1 aromatic carbocycles. The van der Waals surface area contributed by atoms with Gasteiger partial charge in [-0.25, -0.2) is 4.39 Å². The number of benzene rings is 1. The highest BCUT2D eigenvalue weighted by atomic mass is 19.1. The van der Waals surface area contributed by atoms with Crippen molar-refractivity contribution in [3.8, 4) is 0 Å². The van der Waals surface area contributed by atoms with Crippen LogP contribution in [0.3, 0.4) is 0 Å². The molecular formula is C14H23FN2O. The molecule has 1 atom stereocenters. The number of hydrogen-bond donors (Lipinski definition) is 2. The van der Waals surface area contributed by atoms with Crippen molar-refractivity contribution in [2.45, 2.75) is 32.5 Å². The van der Waals surface area contributed by atoms with Gasteiger partial charge in [-0.2, -0.15) is 0 Å². The van der Waals surface area contributed by atoms with Gasteiger partial charge in [0.1, 0.15) is 5.82 Å². The van der Waals surface area contributed by atoms with Gasteiger partial charge in [0.25, 0.3) is 0 Å². The van der Waals surface area contributed by atoms with Crippen LogP contribution in [-0.4, -0.2) is 42.3 Å². The molecule has 4 heteroatoms. The maximum absolute atomic E-state index is 13.4. The van der Waals surface area contributed by atoms with Gasteiger partial charge in [-0.1, -0.05) is 32.0 Å². The first-order valence-corrected chi connectivity index (χ1v) is 6.32. The van der Waals surface area contributed by atoms with Crippen molar-refractivity contribution >= 4 is 0 Å². The highest BCUT2D eigenvalue weighted by molar-refractivity contribution is 5.16. The zero-order valence-electron chi connectivity index (χ0n) is 11.4. The SMILES string of the molecule is CC(C)NCC(O)CN(C)Cc1ccccc1F. The second-order valence-electron chi connectivity index (χ2n) is 5.00. The predicted octanol–water partition coefficient (Wildman–Crippen LogP) is 1.62. The van der Waals surface area contributed by atoms with E-state index in [1.165, 1.54) is 6.07 Å². The molecule has 0 amide bonds. The number of likely N-dealkylation sites (N-methyl/N-ethyl adjacent to an activating group) is 1. The fourth-order valence-electron chi connectivity index (χ4n) is 1.78. The molecule has 1 unspecified atom stereocenters. The van der Waals surface area contributed by atoms with Crippen LogP contribution >= 0.6 is 0 Å². The molecule has 0 aliphatic heterocycles. The van der Waals surface area contributed by atoms with Crippen molar-refractivity contribution in [3.05, 3.63) is 35.6 Å². The molecule has 2 N–H and O–H groups in total. The monoisotopic (exact) mass is 254 g/mol. The molecule has 102 valence electrons. The third kappa shape index (κ3) is 5.58. The third-order valence-electron chi connectivity index (χ3n) is 2.68. The van der Waals surface area contributed by atoms with Crippen LogP contribution in [-0.2, 0) is 6.54 Å². The van der Waals surface area contributed by atoms with Crippen molar-refractivity contribution < 1.29 is 9.50 Å². The van der Waals surface area contributed by atoms with Gasteiger partial charge in [0.15, 0.2) is 0 Å². The molecule has 0 fully saturated rings. The fourth-order valence-corrected chi connectivity index (χ4v) is 1.78. The minimum absolute atomic E-state index is 0.195. The Labute approximate surface area is 109 Å². The number of rotatable bonds is 7. The lowest BCUT2D eigenvalue weighted by molar-refractivity contribution is 0.119. The Kier molecular flexibility index (Phi) is 6.25. The van der Waals surface area contributed by atoms with Crippen LogP contribution in [0.4, 0.5) is 4.39 Å². The molecule has 0 spiro atoms. The summed E-state index contributed by atoms with van der Waals surface area (Å²) in [4.78, 5) is 1.92. The van der Waals surface area contributed by atoms with Gasteiger partial charge in [0.2, 0.25) is 0 Å². The number of hydrogen-bond acceptors (Lipinski definition) is 3. The van der Waals surface area contributed by atoms with E-state index in [-0.39, 0.29) is 5.82 Å². The molecule has 0 radical (unpaired) electrons. The molecule has 0 aliphatic carbocycles. The van der Waals surface area contributed by atoms with Crippen LogP contribution in [0, 0.1) is 5.82 Å². The Balaban J connectivity index is 2.37. The van der Waals surface area contributed by atoms with Crippen LogP contribution in [0.25, 0.3) is 0 Å². The Morgan fingerprint density at radius 1 is 1.33 bits per heavy atom. The average Bonchev–Trinajstić information content (AvgIpc) is 2.29. The summed E-state index contributed by atoms with van der Waals surface area (Å²) >= 11 is 0. The smallest absolute Gasteiger partial charge is 0.127 e. The van der Waals surface area contributed by atoms with Crippen LogP contribution in [0.2, 0.25) is 0 Å². The van der Waals surface area contributed by atoms with Gasteiger partial charge < -0.3 is 10.4 Å². The summed E-state index contributed by atoms with van der Waals surface area (Å²) in [5, 5.41) is 13.0. The van der Waals surface area contributed by atoms with Crippen LogP contribution in [0.15, 0.2) is 24.3 Å². The van der Waals surface area contributed by atoms with Gasteiger partial charge in [0, 0.05) is 31.2 Å². The molecule has 1 aromatic rings. The Hall–Kier alpha value is -0.970. The average molecular weight is 254 g/mol. The Morgan fingerprint density at radius 3 is 2.61 bits per heavy atom. The minimum Gasteiger partial charge on any atom is -0.390 e. The lowest BCUT2D eigenvalue weighted by Gasteiger charge is -2.21. The zero-order chi connectivity index (χ0) is 13.5. The number of nitrogens with zero attached hydrogens (tertiary/aromatic N) is 1. The normalized spacial score (nSPS) is 13.3. The molecule has 0 saturated heterocycles. The standard InChI is InChI=1S/C14H23FN2O/c1-11(2)16-8-13(18)10-17(3)9-12-6-4-5-7-14(12)15/h4-7,11,13,16,18H,8-10H2,1-3H3. The molecule has 1 rings (SSSR count). The highest BCUT2D eigenvalue weighted by Crippen LogP contribution is 2.08. The highest BCUT2D eigenvalue weighted by Gasteiger charge is 2.10. The second-order valence-corrected chi connectivity index (χ2v) is 5.00. The van der Waals surface area contributed by atoms with Gasteiger partial charge in [-0.3, -0.25) is 4.90 Å². The first-order valence-electron chi connectivity index (χ1n) is 6.32. The molecule has 0 heterocycles. The van der Waals surface area contributed by atoms with E-state index >= 15 is 0 Å². The van der Waals surface area contributed by atoms with E-state index < -0.39 is 6.10 Å². The van der Waals surface area contributed by atoms with Crippen LogP contribution < -0.4 is 5.32 Å². The van der Waals surface area contributed by atoms with E-state index in [0.29, 0.717) is 31.2 Å². The summed E-state index contributed by atoms with van der Waals surface area (Å²) in [5.41, 5.74) is 0.656. The van der Waals surface area contributed by atoms with Crippen molar-refractivity contribution in [1.29, 1.82) is 0 Å².